The molecule has 2 atom stereocenters. The summed E-state index contributed by atoms with van der Waals surface area (Å²) in [6.07, 6.45) is 5.11. The highest BCUT2D eigenvalue weighted by molar-refractivity contribution is 7.21. The normalized spacial score (nSPS) is 22.0. The van der Waals surface area contributed by atoms with Gasteiger partial charge in [-0.1, -0.05) is 0 Å². The fourth-order valence-corrected chi connectivity index (χ4v) is 3.75. The molecule has 2 heterocycles. The summed E-state index contributed by atoms with van der Waals surface area (Å²) < 4.78 is 7.56. The molecule has 1 amide bonds. The number of hydrogen-bond donors (Lipinski definition) is 0. The summed E-state index contributed by atoms with van der Waals surface area (Å²) in [5, 5.41) is 0. The van der Waals surface area contributed by atoms with Crippen molar-refractivity contribution in [3.63, 3.8) is 0 Å². The van der Waals surface area contributed by atoms with Gasteiger partial charge in [0.25, 0.3) is 0 Å². The van der Waals surface area contributed by atoms with Crippen molar-refractivity contribution in [1.82, 2.24) is 4.90 Å². The van der Waals surface area contributed by atoms with Crippen LogP contribution >= 0.6 is 9.39 Å². The van der Waals surface area contributed by atoms with Gasteiger partial charge in [-0.2, -0.15) is 0 Å². The third kappa shape index (κ3) is 3.44. The highest BCUT2D eigenvalue weighted by Crippen LogP contribution is 2.33. The first-order valence-corrected chi connectivity index (χ1v) is 8.74. The monoisotopic (exact) mass is 320 g/mol. The Kier molecular flexibility index (Phi) is 5.00. The van der Waals surface area contributed by atoms with E-state index in [0.29, 0.717) is 6.42 Å². The molecule has 120 valence electrons. The molecule has 2 aliphatic rings. The zero-order chi connectivity index (χ0) is 15.5. The second-order valence-corrected chi connectivity index (χ2v) is 6.80. The first-order valence-electron chi connectivity index (χ1n) is 8.22. The number of hydrogen-bond acceptors (Lipinski definition) is 3. The highest BCUT2D eigenvalue weighted by Gasteiger charge is 2.21. The van der Waals surface area contributed by atoms with E-state index in [1.54, 1.807) is 4.67 Å². The third-order valence-corrected chi connectivity index (χ3v) is 5.30. The van der Waals surface area contributed by atoms with Crippen molar-refractivity contribution in [3.05, 3.63) is 23.8 Å². The van der Waals surface area contributed by atoms with Crippen LogP contribution in [0.25, 0.3) is 0 Å². The standard InChI is InChI=1S/C17H25N2O2P/c1-13-4-2-9-18(13)10-3-11-21-15-6-7-16-14(12-15)5-8-17(20)19(16)22/h6-7,12-13H,2-5,8-11,22H2,1H3/t13-/m1/s1. The molecule has 0 bridgehead atoms. The van der Waals surface area contributed by atoms with Crippen LogP contribution in [0.1, 0.15) is 38.2 Å². The van der Waals surface area contributed by atoms with Crippen LogP contribution in [0, 0.1) is 0 Å². The van der Waals surface area contributed by atoms with E-state index in [-0.39, 0.29) is 5.91 Å². The molecule has 0 spiro atoms. The Morgan fingerprint density at radius 1 is 1.36 bits per heavy atom. The van der Waals surface area contributed by atoms with Gasteiger partial charge in [-0.25, -0.2) is 0 Å². The molecule has 4 nitrogen and oxygen atoms in total. The van der Waals surface area contributed by atoms with E-state index in [4.69, 9.17) is 4.74 Å². The van der Waals surface area contributed by atoms with Gasteiger partial charge < -0.3 is 9.64 Å². The maximum absolute atomic E-state index is 11.7. The van der Waals surface area contributed by atoms with Gasteiger partial charge in [0.05, 0.1) is 12.3 Å². The Balaban J connectivity index is 1.50. The van der Waals surface area contributed by atoms with Crippen LogP contribution in [-0.4, -0.2) is 36.5 Å². The summed E-state index contributed by atoms with van der Waals surface area (Å²) in [6, 6.07) is 6.76. The summed E-state index contributed by atoms with van der Waals surface area (Å²) in [7, 11) is 2.50. The molecule has 1 aromatic rings. The van der Waals surface area contributed by atoms with Gasteiger partial charge in [0.2, 0.25) is 5.91 Å². The Labute approximate surface area is 135 Å². The largest absolute Gasteiger partial charge is 0.494 e. The second kappa shape index (κ2) is 6.97. The third-order valence-electron chi connectivity index (χ3n) is 4.74. The lowest BCUT2D eigenvalue weighted by molar-refractivity contribution is -0.117. The molecule has 0 N–H and O–H groups in total. The number of benzene rings is 1. The minimum atomic E-state index is 0.158. The smallest absolute Gasteiger partial charge is 0.230 e. The number of fused-ring (bicyclic) bond motifs is 1. The van der Waals surface area contributed by atoms with E-state index >= 15 is 0 Å². The lowest BCUT2D eigenvalue weighted by Gasteiger charge is -2.25. The molecule has 3 rings (SSSR count). The zero-order valence-corrected chi connectivity index (χ0v) is 14.4. The summed E-state index contributed by atoms with van der Waals surface area (Å²) in [5.74, 6) is 1.08. The van der Waals surface area contributed by atoms with Crippen LogP contribution in [0.15, 0.2) is 18.2 Å². The van der Waals surface area contributed by atoms with Gasteiger partial charge in [0.1, 0.15) is 5.75 Å². The van der Waals surface area contributed by atoms with Crippen molar-refractivity contribution >= 4 is 21.0 Å². The molecule has 0 aromatic heterocycles. The SMILES string of the molecule is C[C@@H]1CCCN1CCCOc1ccc2c(c1)CCC(=O)N2P. The van der Waals surface area contributed by atoms with Crippen LogP contribution in [0.3, 0.4) is 0 Å². The highest BCUT2D eigenvalue weighted by atomic mass is 31.0. The number of carbonyl (C=O) groups excluding carboxylic acids is 1. The molecule has 0 radical (unpaired) electrons. The van der Waals surface area contributed by atoms with Gasteiger partial charge in [-0.05, 0) is 72.3 Å². The van der Waals surface area contributed by atoms with Gasteiger partial charge in [-0.3, -0.25) is 9.46 Å². The molecule has 5 heteroatoms. The van der Waals surface area contributed by atoms with Crippen molar-refractivity contribution in [2.75, 3.05) is 24.4 Å². The average Bonchev–Trinajstić information content (AvgIpc) is 2.93. The molecule has 0 aliphatic carbocycles. The van der Waals surface area contributed by atoms with Crippen LogP contribution < -0.4 is 9.41 Å². The van der Waals surface area contributed by atoms with Gasteiger partial charge in [0, 0.05) is 19.0 Å². The minimum Gasteiger partial charge on any atom is -0.494 e. The predicted molar refractivity (Wildman–Crippen MR) is 92.3 cm³/mol. The van der Waals surface area contributed by atoms with E-state index < -0.39 is 0 Å². The number of amides is 1. The van der Waals surface area contributed by atoms with E-state index in [1.165, 1.54) is 24.9 Å². The Hall–Kier alpha value is -1.12. The van der Waals surface area contributed by atoms with Crippen molar-refractivity contribution in [3.8, 4) is 5.75 Å². The van der Waals surface area contributed by atoms with E-state index in [0.717, 1.165) is 43.5 Å². The maximum atomic E-state index is 11.7. The van der Waals surface area contributed by atoms with E-state index in [1.807, 2.05) is 12.1 Å². The van der Waals surface area contributed by atoms with Crippen LogP contribution in [-0.2, 0) is 11.2 Å². The molecule has 1 unspecified atom stereocenters. The number of anilines is 1. The summed E-state index contributed by atoms with van der Waals surface area (Å²) in [5.41, 5.74) is 2.18. The topological polar surface area (TPSA) is 32.8 Å². The summed E-state index contributed by atoms with van der Waals surface area (Å²) in [4.78, 5) is 14.2. The molecule has 0 saturated carbocycles. The molecule has 1 aromatic carbocycles. The maximum Gasteiger partial charge on any atom is 0.230 e. The zero-order valence-electron chi connectivity index (χ0n) is 13.3. The van der Waals surface area contributed by atoms with Crippen molar-refractivity contribution in [2.45, 2.75) is 45.1 Å². The van der Waals surface area contributed by atoms with Gasteiger partial charge >= 0.3 is 0 Å². The summed E-state index contributed by atoms with van der Waals surface area (Å²) >= 11 is 0. The first kappa shape index (κ1) is 15.8. The van der Waals surface area contributed by atoms with E-state index in [9.17, 15) is 4.79 Å². The number of carbonyl (C=O) groups is 1. The van der Waals surface area contributed by atoms with E-state index in [2.05, 4.69) is 27.3 Å². The lowest BCUT2D eigenvalue weighted by Crippen LogP contribution is -2.28. The van der Waals surface area contributed by atoms with Crippen LogP contribution in [0.2, 0.25) is 0 Å². The molecule has 2 aliphatic heterocycles. The lowest BCUT2D eigenvalue weighted by atomic mass is 10.0. The molecule has 1 saturated heterocycles. The summed E-state index contributed by atoms with van der Waals surface area (Å²) in [6.45, 7) is 5.43. The fourth-order valence-electron chi connectivity index (χ4n) is 3.37. The van der Waals surface area contributed by atoms with Gasteiger partial charge in [0.15, 0.2) is 0 Å². The Morgan fingerprint density at radius 3 is 3.00 bits per heavy atom. The Bertz CT molecular complexity index is 549. The fraction of sp³-hybridized carbons (Fsp3) is 0.588. The number of nitrogens with zero attached hydrogens (tertiary/aromatic N) is 2. The van der Waals surface area contributed by atoms with Crippen molar-refractivity contribution in [2.24, 2.45) is 0 Å². The van der Waals surface area contributed by atoms with Crippen LogP contribution in [0.5, 0.6) is 5.75 Å². The number of likely N-dealkylation sites (tertiary alicyclic amines) is 1. The average molecular weight is 320 g/mol. The number of rotatable bonds is 5. The van der Waals surface area contributed by atoms with Crippen LogP contribution in [0.4, 0.5) is 5.69 Å². The minimum absolute atomic E-state index is 0.158. The number of aryl methyl sites for hydroxylation is 1. The molecule has 22 heavy (non-hydrogen) atoms. The number of ether oxygens (including phenoxy) is 1. The first-order chi connectivity index (χ1) is 10.6. The second-order valence-electron chi connectivity index (χ2n) is 6.28. The van der Waals surface area contributed by atoms with Gasteiger partial charge in [-0.15, -0.1) is 0 Å². The predicted octanol–water partition coefficient (Wildman–Crippen LogP) is 3.01. The molecule has 1 fully saturated rings. The van der Waals surface area contributed by atoms with Crippen molar-refractivity contribution in [1.29, 1.82) is 0 Å². The molecular formula is C17H25N2O2P. The molecular weight excluding hydrogens is 295 g/mol. The van der Waals surface area contributed by atoms with Crippen molar-refractivity contribution < 1.29 is 9.53 Å². The quantitative estimate of drug-likeness (QED) is 0.617. The Morgan fingerprint density at radius 2 is 2.23 bits per heavy atom.